The topological polar surface area (TPSA) is 55.8 Å². The Morgan fingerprint density at radius 1 is 1.35 bits per heavy atom. The summed E-state index contributed by atoms with van der Waals surface area (Å²) in [6.45, 7) is 5.92. The molecule has 1 aliphatic rings. The first-order valence-electron chi connectivity index (χ1n) is 6.92. The summed E-state index contributed by atoms with van der Waals surface area (Å²) in [6.07, 6.45) is 2.04. The van der Waals surface area contributed by atoms with Crippen LogP contribution in [0.5, 0.6) is 0 Å². The summed E-state index contributed by atoms with van der Waals surface area (Å²) in [5.74, 6) is 0.0620. The van der Waals surface area contributed by atoms with Crippen molar-refractivity contribution in [2.45, 2.75) is 57.6 Å². The zero-order valence-electron chi connectivity index (χ0n) is 12.7. The van der Waals surface area contributed by atoms with Gasteiger partial charge in [-0.3, -0.25) is 4.90 Å². The van der Waals surface area contributed by atoms with Crippen LogP contribution in [0.3, 0.4) is 0 Å². The fourth-order valence-corrected chi connectivity index (χ4v) is 2.72. The first kappa shape index (κ1) is 17.1. The van der Waals surface area contributed by atoms with Gasteiger partial charge >= 0.3 is 12.1 Å². The van der Waals surface area contributed by atoms with Crippen LogP contribution in [0.15, 0.2) is 0 Å². The van der Waals surface area contributed by atoms with Crippen LogP contribution in [0.4, 0.5) is 4.79 Å². The van der Waals surface area contributed by atoms with E-state index in [0.29, 0.717) is 31.7 Å². The zero-order chi connectivity index (χ0) is 15.4. The maximum absolute atomic E-state index is 12.3. The lowest BCUT2D eigenvalue weighted by atomic mass is 9.91. The number of likely N-dealkylation sites (tertiary alicyclic amines) is 1. The number of carbonyl (C=O) groups is 2. The molecule has 0 unspecified atom stereocenters. The quantitative estimate of drug-likeness (QED) is 0.592. The normalized spacial score (nSPS) is 22.8. The summed E-state index contributed by atoms with van der Waals surface area (Å²) in [6, 6.07) is 0. The molecule has 1 heterocycles. The standard InChI is InChI=1S/C14H24ClNO4/c1-13(2,3)20-12(18)16-10-6-8-14(16,7-5-9-15)11(17)19-4/h5-10H2,1-4H3/t14-/m0/s1. The monoisotopic (exact) mass is 305 g/mol. The lowest BCUT2D eigenvalue weighted by Crippen LogP contribution is -2.54. The van der Waals surface area contributed by atoms with E-state index < -0.39 is 17.2 Å². The first-order valence-corrected chi connectivity index (χ1v) is 7.45. The van der Waals surface area contributed by atoms with E-state index in [1.165, 1.54) is 12.0 Å². The van der Waals surface area contributed by atoms with E-state index in [9.17, 15) is 9.59 Å². The molecule has 1 amide bonds. The van der Waals surface area contributed by atoms with E-state index in [1.807, 2.05) is 0 Å². The fraction of sp³-hybridized carbons (Fsp3) is 0.857. The molecule has 1 rings (SSSR count). The molecule has 0 saturated carbocycles. The molecule has 20 heavy (non-hydrogen) atoms. The second-order valence-corrected chi connectivity index (χ2v) is 6.43. The Morgan fingerprint density at radius 2 is 2.00 bits per heavy atom. The predicted molar refractivity (Wildman–Crippen MR) is 76.9 cm³/mol. The van der Waals surface area contributed by atoms with E-state index in [0.717, 1.165) is 6.42 Å². The summed E-state index contributed by atoms with van der Waals surface area (Å²) in [4.78, 5) is 26.0. The van der Waals surface area contributed by atoms with Crippen LogP contribution in [0.25, 0.3) is 0 Å². The molecule has 0 spiro atoms. The molecule has 1 aliphatic heterocycles. The van der Waals surface area contributed by atoms with E-state index in [-0.39, 0.29) is 5.97 Å². The van der Waals surface area contributed by atoms with Crippen molar-refractivity contribution >= 4 is 23.7 Å². The molecule has 0 bridgehead atoms. The van der Waals surface area contributed by atoms with Gasteiger partial charge in [0.2, 0.25) is 0 Å². The van der Waals surface area contributed by atoms with Crippen LogP contribution in [0, 0.1) is 0 Å². The maximum Gasteiger partial charge on any atom is 0.411 e. The number of nitrogens with zero attached hydrogens (tertiary/aromatic N) is 1. The molecule has 116 valence electrons. The highest BCUT2D eigenvalue weighted by Crippen LogP contribution is 2.36. The van der Waals surface area contributed by atoms with Crippen LogP contribution in [0.1, 0.15) is 46.5 Å². The summed E-state index contributed by atoms with van der Waals surface area (Å²) >= 11 is 5.74. The molecule has 0 aromatic carbocycles. The number of alkyl halides is 1. The summed E-state index contributed by atoms with van der Waals surface area (Å²) in [7, 11) is 1.34. The summed E-state index contributed by atoms with van der Waals surface area (Å²) < 4.78 is 10.3. The minimum Gasteiger partial charge on any atom is -0.467 e. The van der Waals surface area contributed by atoms with Crippen LogP contribution < -0.4 is 0 Å². The third-order valence-corrected chi connectivity index (χ3v) is 3.66. The van der Waals surface area contributed by atoms with Crippen LogP contribution in [0.2, 0.25) is 0 Å². The average molecular weight is 306 g/mol. The molecular weight excluding hydrogens is 282 g/mol. The number of rotatable bonds is 4. The number of hydrogen-bond donors (Lipinski definition) is 0. The van der Waals surface area contributed by atoms with Crippen LogP contribution in [-0.4, -0.2) is 47.6 Å². The Morgan fingerprint density at radius 3 is 2.50 bits per heavy atom. The Labute approximate surface area is 125 Å². The second-order valence-electron chi connectivity index (χ2n) is 6.05. The largest absolute Gasteiger partial charge is 0.467 e. The van der Waals surface area contributed by atoms with Crippen LogP contribution >= 0.6 is 11.6 Å². The highest BCUT2D eigenvalue weighted by Gasteiger charge is 2.51. The van der Waals surface area contributed by atoms with E-state index in [2.05, 4.69) is 0 Å². The van der Waals surface area contributed by atoms with Gasteiger partial charge in [0.25, 0.3) is 0 Å². The maximum atomic E-state index is 12.3. The van der Waals surface area contributed by atoms with Gasteiger partial charge in [-0.25, -0.2) is 9.59 Å². The first-order chi connectivity index (χ1) is 9.27. The summed E-state index contributed by atoms with van der Waals surface area (Å²) in [5, 5.41) is 0. The molecule has 1 fully saturated rings. The Hall–Kier alpha value is -0.970. The highest BCUT2D eigenvalue weighted by molar-refractivity contribution is 6.17. The fourth-order valence-electron chi connectivity index (χ4n) is 2.59. The molecule has 1 saturated heterocycles. The van der Waals surface area contributed by atoms with Crippen molar-refractivity contribution in [1.82, 2.24) is 4.90 Å². The van der Waals surface area contributed by atoms with Crippen molar-refractivity contribution < 1.29 is 19.1 Å². The van der Waals surface area contributed by atoms with Gasteiger partial charge in [0, 0.05) is 12.4 Å². The number of methoxy groups -OCH3 is 1. The van der Waals surface area contributed by atoms with E-state index in [4.69, 9.17) is 21.1 Å². The van der Waals surface area contributed by atoms with Crippen molar-refractivity contribution in [3.05, 3.63) is 0 Å². The third kappa shape index (κ3) is 3.78. The number of amides is 1. The SMILES string of the molecule is COC(=O)[C@]1(CCCCl)CCCN1C(=O)OC(C)(C)C. The molecular formula is C14H24ClNO4. The van der Waals surface area contributed by atoms with Gasteiger partial charge in [-0.15, -0.1) is 11.6 Å². The summed E-state index contributed by atoms with van der Waals surface area (Å²) in [5.41, 5.74) is -1.51. The minimum absolute atomic E-state index is 0.383. The third-order valence-electron chi connectivity index (χ3n) is 3.39. The van der Waals surface area contributed by atoms with Gasteiger partial charge in [0.05, 0.1) is 7.11 Å². The van der Waals surface area contributed by atoms with Gasteiger partial charge in [-0.05, 0) is 46.5 Å². The van der Waals surface area contributed by atoms with Gasteiger partial charge in [0.15, 0.2) is 0 Å². The van der Waals surface area contributed by atoms with Crippen molar-refractivity contribution in [1.29, 1.82) is 0 Å². The van der Waals surface area contributed by atoms with Gasteiger partial charge in [0.1, 0.15) is 11.1 Å². The molecule has 0 aliphatic carbocycles. The van der Waals surface area contributed by atoms with Crippen molar-refractivity contribution in [3.63, 3.8) is 0 Å². The molecule has 5 nitrogen and oxygen atoms in total. The lowest BCUT2D eigenvalue weighted by molar-refractivity contribution is -0.153. The lowest BCUT2D eigenvalue weighted by Gasteiger charge is -2.36. The Kier molecular flexibility index (Phi) is 5.68. The zero-order valence-corrected chi connectivity index (χ0v) is 13.5. The second kappa shape index (κ2) is 6.66. The molecule has 0 radical (unpaired) electrons. The molecule has 0 aromatic rings. The number of esters is 1. The van der Waals surface area contributed by atoms with Crippen LogP contribution in [-0.2, 0) is 14.3 Å². The minimum atomic E-state index is -0.925. The Bertz CT molecular complexity index is 367. The van der Waals surface area contributed by atoms with E-state index >= 15 is 0 Å². The van der Waals surface area contributed by atoms with Crippen molar-refractivity contribution in [3.8, 4) is 0 Å². The van der Waals surface area contributed by atoms with E-state index in [1.54, 1.807) is 20.8 Å². The van der Waals surface area contributed by atoms with Crippen molar-refractivity contribution in [2.75, 3.05) is 19.5 Å². The van der Waals surface area contributed by atoms with Gasteiger partial charge in [-0.2, -0.15) is 0 Å². The van der Waals surface area contributed by atoms with Crippen molar-refractivity contribution in [2.24, 2.45) is 0 Å². The molecule has 1 atom stereocenters. The number of hydrogen-bond acceptors (Lipinski definition) is 4. The molecule has 0 N–H and O–H groups in total. The Balaban J connectivity index is 2.96. The van der Waals surface area contributed by atoms with Gasteiger partial charge < -0.3 is 9.47 Å². The molecule has 0 aromatic heterocycles. The highest BCUT2D eigenvalue weighted by atomic mass is 35.5. The smallest absolute Gasteiger partial charge is 0.411 e. The van der Waals surface area contributed by atoms with Gasteiger partial charge in [-0.1, -0.05) is 0 Å². The number of halogens is 1. The average Bonchev–Trinajstić information content (AvgIpc) is 2.78. The predicted octanol–water partition coefficient (Wildman–Crippen LogP) is 2.95. The number of carbonyl (C=O) groups excluding carboxylic acids is 2. The molecule has 6 heteroatoms. The number of ether oxygens (including phenoxy) is 2.